The summed E-state index contributed by atoms with van der Waals surface area (Å²) in [5, 5.41) is 5.73. The maximum absolute atomic E-state index is 11.6. The van der Waals surface area contributed by atoms with Crippen molar-refractivity contribution in [2.24, 2.45) is 0 Å². The molecule has 0 aliphatic carbocycles. The first kappa shape index (κ1) is 12.9. The van der Waals surface area contributed by atoms with Gasteiger partial charge in [0.15, 0.2) is 0 Å². The Bertz CT molecular complexity index is 258. The number of hydrogen-bond donors (Lipinski definition) is 2. The summed E-state index contributed by atoms with van der Waals surface area (Å²) in [7, 11) is 1.60. The largest absolute Gasteiger partial charge is 0.465 e. The lowest BCUT2D eigenvalue weighted by Gasteiger charge is -2.33. The molecule has 0 aromatic carbocycles. The molecule has 1 unspecified atom stereocenters. The average Bonchev–Trinajstić information content (AvgIpc) is 2.29. The summed E-state index contributed by atoms with van der Waals surface area (Å²) in [5.41, 5.74) is 0. The number of carbonyl (C=O) groups is 2. The standard InChI is InChI=1S/C10H19N3O3/c1-3-16-9(14)7-13-5-4-12-6-8(13)10(15)11-2/h8,12H,3-7H2,1-2H3,(H,11,15). The molecule has 1 rings (SSSR count). The molecule has 1 amide bonds. The van der Waals surface area contributed by atoms with Gasteiger partial charge in [0.2, 0.25) is 5.91 Å². The highest BCUT2D eigenvalue weighted by Crippen LogP contribution is 2.03. The van der Waals surface area contributed by atoms with Crippen molar-refractivity contribution in [2.45, 2.75) is 13.0 Å². The average molecular weight is 229 g/mol. The van der Waals surface area contributed by atoms with Crippen LogP contribution >= 0.6 is 0 Å². The maximum atomic E-state index is 11.6. The van der Waals surface area contributed by atoms with Gasteiger partial charge in [0.05, 0.1) is 13.2 Å². The van der Waals surface area contributed by atoms with Gasteiger partial charge < -0.3 is 15.4 Å². The summed E-state index contributed by atoms with van der Waals surface area (Å²) < 4.78 is 4.87. The van der Waals surface area contributed by atoms with E-state index in [1.54, 1.807) is 14.0 Å². The van der Waals surface area contributed by atoms with E-state index in [1.807, 2.05) is 4.90 Å². The molecule has 6 heteroatoms. The highest BCUT2D eigenvalue weighted by atomic mass is 16.5. The molecule has 1 fully saturated rings. The van der Waals surface area contributed by atoms with Crippen LogP contribution in [0.25, 0.3) is 0 Å². The van der Waals surface area contributed by atoms with E-state index in [1.165, 1.54) is 0 Å². The number of ether oxygens (including phenoxy) is 1. The number of rotatable bonds is 4. The monoisotopic (exact) mass is 229 g/mol. The van der Waals surface area contributed by atoms with Crippen LogP contribution in [0.5, 0.6) is 0 Å². The number of amides is 1. The Morgan fingerprint density at radius 3 is 2.94 bits per heavy atom. The van der Waals surface area contributed by atoms with E-state index >= 15 is 0 Å². The highest BCUT2D eigenvalue weighted by molar-refractivity contribution is 5.82. The van der Waals surface area contributed by atoms with Gasteiger partial charge in [-0.15, -0.1) is 0 Å². The summed E-state index contributed by atoms with van der Waals surface area (Å²) in [6.07, 6.45) is 0. The van der Waals surface area contributed by atoms with Crippen molar-refractivity contribution in [3.05, 3.63) is 0 Å². The fourth-order valence-electron chi connectivity index (χ4n) is 1.73. The minimum absolute atomic E-state index is 0.0727. The molecule has 16 heavy (non-hydrogen) atoms. The Balaban J connectivity index is 2.53. The van der Waals surface area contributed by atoms with Gasteiger partial charge in [0.1, 0.15) is 6.04 Å². The number of likely N-dealkylation sites (N-methyl/N-ethyl adjacent to an activating group) is 1. The van der Waals surface area contributed by atoms with Crippen LogP contribution in [-0.4, -0.2) is 62.7 Å². The predicted octanol–water partition coefficient (Wildman–Crippen LogP) is -1.43. The normalized spacial score (nSPS) is 21.5. The van der Waals surface area contributed by atoms with Crippen LogP contribution < -0.4 is 10.6 Å². The molecule has 0 aromatic rings. The maximum Gasteiger partial charge on any atom is 0.320 e. The van der Waals surface area contributed by atoms with E-state index in [0.29, 0.717) is 19.7 Å². The van der Waals surface area contributed by atoms with Crippen molar-refractivity contribution < 1.29 is 14.3 Å². The lowest BCUT2D eigenvalue weighted by Crippen LogP contribution is -2.58. The number of nitrogens with zero attached hydrogens (tertiary/aromatic N) is 1. The molecule has 1 heterocycles. The molecule has 92 valence electrons. The van der Waals surface area contributed by atoms with Crippen molar-refractivity contribution in [1.29, 1.82) is 0 Å². The van der Waals surface area contributed by atoms with E-state index in [-0.39, 0.29) is 24.5 Å². The van der Waals surface area contributed by atoms with Gasteiger partial charge in [-0.3, -0.25) is 14.5 Å². The molecule has 0 aromatic heterocycles. The zero-order valence-corrected chi connectivity index (χ0v) is 9.78. The third-order valence-corrected chi connectivity index (χ3v) is 2.54. The van der Waals surface area contributed by atoms with E-state index in [2.05, 4.69) is 10.6 Å². The van der Waals surface area contributed by atoms with E-state index < -0.39 is 0 Å². The quantitative estimate of drug-likeness (QED) is 0.578. The van der Waals surface area contributed by atoms with Gasteiger partial charge >= 0.3 is 5.97 Å². The molecule has 0 bridgehead atoms. The van der Waals surface area contributed by atoms with Crippen molar-refractivity contribution in [2.75, 3.05) is 39.8 Å². The van der Waals surface area contributed by atoms with E-state index in [0.717, 1.165) is 6.54 Å². The molecular formula is C10H19N3O3. The predicted molar refractivity (Wildman–Crippen MR) is 58.9 cm³/mol. The van der Waals surface area contributed by atoms with Crippen molar-refractivity contribution in [3.63, 3.8) is 0 Å². The Morgan fingerprint density at radius 2 is 2.31 bits per heavy atom. The number of nitrogens with one attached hydrogen (secondary N) is 2. The Morgan fingerprint density at radius 1 is 1.56 bits per heavy atom. The number of carbonyl (C=O) groups excluding carboxylic acids is 2. The molecule has 1 aliphatic rings. The van der Waals surface area contributed by atoms with Gasteiger partial charge in [-0.1, -0.05) is 0 Å². The van der Waals surface area contributed by atoms with Crippen LogP contribution in [0.15, 0.2) is 0 Å². The van der Waals surface area contributed by atoms with E-state index in [4.69, 9.17) is 4.74 Å². The highest BCUT2D eigenvalue weighted by Gasteiger charge is 2.29. The van der Waals surface area contributed by atoms with Gasteiger partial charge in [0, 0.05) is 26.7 Å². The molecular weight excluding hydrogens is 210 g/mol. The van der Waals surface area contributed by atoms with Gasteiger partial charge in [-0.05, 0) is 6.92 Å². The second-order valence-corrected chi connectivity index (χ2v) is 3.61. The lowest BCUT2D eigenvalue weighted by atomic mass is 10.2. The topological polar surface area (TPSA) is 70.7 Å². The second kappa shape index (κ2) is 6.44. The third-order valence-electron chi connectivity index (χ3n) is 2.54. The molecule has 1 atom stereocenters. The molecule has 1 saturated heterocycles. The third kappa shape index (κ3) is 3.46. The molecule has 6 nitrogen and oxygen atoms in total. The smallest absolute Gasteiger partial charge is 0.320 e. The van der Waals surface area contributed by atoms with Crippen LogP contribution in [0.3, 0.4) is 0 Å². The fraction of sp³-hybridized carbons (Fsp3) is 0.800. The van der Waals surface area contributed by atoms with Crippen LogP contribution in [0.4, 0.5) is 0 Å². The van der Waals surface area contributed by atoms with Gasteiger partial charge in [-0.25, -0.2) is 0 Å². The first-order valence-electron chi connectivity index (χ1n) is 5.51. The Hall–Kier alpha value is -1.14. The number of esters is 1. The molecule has 0 radical (unpaired) electrons. The number of piperazine rings is 1. The molecule has 2 N–H and O–H groups in total. The first-order chi connectivity index (χ1) is 7.69. The fourth-order valence-corrected chi connectivity index (χ4v) is 1.73. The second-order valence-electron chi connectivity index (χ2n) is 3.61. The summed E-state index contributed by atoms with van der Waals surface area (Å²) >= 11 is 0. The first-order valence-corrected chi connectivity index (χ1v) is 5.51. The molecule has 0 spiro atoms. The SMILES string of the molecule is CCOC(=O)CN1CCNCC1C(=O)NC. The summed E-state index contributed by atoms with van der Waals surface area (Å²) in [4.78, 5) is 24.8. The van der Waals surface area contributed by atoms with Crippen molar-refractivity contribution in [1.82, 2.24) is 15.5 Å². The number of hydrogen-bond acceptors (Lipinski definition) is 5. The summed E-state index contributed by atoms with van der Waals surface area (Å²) in [6, 6.07) is -0.289. The van der Waals surface area contributed by atoms with Crippen LogP contribution in [0.1, 0.15) is 6.92 Å². The Kier molecular flexibility index (Phi) is 5.21. The van der Waals surface area contributed by atoms with E-state index in [9.17, 15) is 9.59 Å². The van der Waals surface area contributed by atoms with Crippen LogP contribution in [0, 0.1) is 0 Å². The van der Waals surface area contributed by atoms with Gasteiger partial charge in [0.25, 0.3) is 0 Å². The van der Waals surface area contributed by atoms with Crippen molar-refractivity contribution in [3.8, 4) is 0 Å². The Labute approximate surface area is 95.3 Å². The molecule has 1 aliphatic heterocycles. The molecule has 0 saturated carbocycles. The minimum Gasteiger partial charge on any atom is -0.465 e. The van der Waals surface area contributed by atoms with Crippen LogP contribution in [0.2, 0.25) is 0 Å². The minimum atomic E-state index is -0.289. The van der Waals surface area contributed by atoms with Gasteiger partial charge in [-0.2, -0.15) is 0 Å². The zero-order chi connectivity index (χ0) is 12.0. The summed E-state index contributed by atoms with van der Waals surface area (Å²) in [6.45, 7) is 4.35. The lowest BCUT2D eigenvalue weighted by molar-refractivity contribution is -0.146. The zero-order valence-electron chi connectivity index (χ0n) is 9.78. The van der Waals surface area contributed by atoms with Crippen molar-refractivity contribution >= 4 is 11.9 Å². The summed E-state index contributed by atoms with van der Waals surface area (Å²) in [5.74, 6) is -0.352. The van der Waals surface area contributed by atoms with Crippen LogP contribution in [-0.2, 0) is 14.3 Å².